The summed E-state index contributed by atoms with van der Waals surface area (Å²) >= 11 is 4.26. The van der Waals surface area contributed by atoms with Crippen molar-refractivity contribution in [2.45, 2.75) is 0 Å². The Bertz CT molecular complexity index is 142. The molecular formula is C4HN2S. The van der Waals surface area contributed by atoms with Crippen molar-refractivity contribution in [3.63, 3.8) is 0 Å². The summed E-state index contributed by atoms with van der Waals surface area (Å²) in [7, 11) is 0. The average molecular weight is 109 g/mol. The van der Waals surface area contributed by atoms with E-state index in [0.717, 1.165) is 5.41 Å². The van der Waals surface area contributed by atoms with Gasteiger partial charge < -0.3 is 0 Å². The normalized spacial score (nSPS) is 5.43. The minimum absolute atomic E-state index is 0.0185. The maximum atomic E-state index is 7.92. The van der Waals surface area contributed by atoms with Crippen molar-refractivity contribution in [2.24, 2.45) is 0 Å². The number of allylic oxidation sites excluding steroid dienone is 1. The summed E-state index contributed by atoms with van der Waals surface area (Å²) in [6.07, 6.45) is 0. The minimum atomic E-state index is -0.0185. The second kappa shape index (κ2) is 3.14. The standard InChI is InChI=1S/C4HN2S/c5-1-4(2-6)3-7/h3H. The molecule has 33 valence electrons. The molecule has 0 aromatic carbocycles. The summed E-state index contributed by atoms with van der Waals surface area (Å²) in [5.74, 6) is 0. The first-order valence-corrected chi connectivity index (χ1v) is 1.94. The average Bonchev–Trinajstić information content (AvgIpc) is 1.72. The molecule has 0 heterocycles. The lowest BCUT2D eigenvalue weighted by Gasteiger charge is -1.65. The number of hydrogen-bond acceptors (Lipinski definition) is 2. The fraction of sp³-hybridized carbons (Fsp3) is 0. The van der Waals surface area contributed by atoms with Crippen molar-refractivity contribution in [1.82, 2.24) is 0 Å². The second-order valence-electron chi connectivity index (χ2n) is 0.755. The zero-order valence-corrected chi connectivity index (χ0v) is 4.20. The van der Waals surface area contributed by atoms with E-state index in [2.05, 4.69) is 12.6 Å². The van der Waals surface area contributed by atoms with Crippen LogP contribution in [0.15, 0.2) is 11.0 Å². The monoisotopic (exact) mass is 109 g/mol. The topological polar surface area (TPSA) is 47.6 Å². The predicted octanol–water partition coefficient (Wildman–Crippen LogP) is 1.11. The Morgan fingerprint density at radius 3 is 1.86 bits per heavy atom. The highest BCUT2D eigenvalue weighted by atomic mass is 32.1. The Balaban J connectivity index is 4.03. The van der Waals surface area contributed by atoms with E-state index in [1.165, 1.54) is 0 Å². The molecule has 0 saturated heterocycles. The van der Waals surface area contributed by atoms with Crippen LogP contribution in [0.4, 0.5) is 0 Å². The first-order valence-electron chi connectivity index (χ1n) is 1.47. The zero-order chi connectivity index (χ0) is 5.70. The molecule has 1 radical (unpaired) electrons. The van der Waals surface area contributed by atoms with Crippen LogP contribution in [0, 0.1) is 22.7 Å². The van der Waals surface area contributed by atoms with Crippen molar-refractivity contribution in [1.29, 1.82) is 10.5 Å². The molecule has 0 atom stereocenters. The van der Waals surface area contributed by atoms with Gasteiger partial charge in [0.15, 0.2) is 0 Å². The summed E-state index contributed by atoms with van der Waals surface area (Å²) in [6.45, 7) is 0. The van der Waals surface area contributed by atoms with Gasteiger partial charge in [-0.25, -0.2) is 0 Å². The molecule has 0 fully saturated rings. The van der Waals surface area contributed by atoms with Crippen LogP contribution in [0.25, 0.3) is 0 Å². The zero-order valence-electron chi connectivity index (χ0n) is 3.38. The van der Waals surface area contributed by atoms with Crippen LogP contribution in [-0.2, 0) is 0 Å². The summed E-state index contributed by atoms with van der Waals surface area (Å²) < 4.78 is 0. The van der Waals surface area contributed by atoms with Gasteiger partial charge in [-0.15, -0.1) is 0 Å². The van der Waals surface area contributed by atoms with Crippen LogP contribution in [-0.4, -0.2) is 0 Å². The Morgan fingerprint density at radius 1 is 1.43 bits per heavy atom. The molecule has 0 amide bonds. The van der Waals surface area contributed by atoms with Gasteiger partial charge in [0.05, 0.1) is 0 Å². The highest BCUT2D eigenvalue weighted by Crippen LogP contribution is 1.88. The van der Waals surface area contributed by atoms with E-state index < -0.39 is 0 Å². The fourth-order valence-corrected chi connectivity index (χ4v) is 0.183. The van der Waals surface area contributed by atoms with Crippen molar-refractivity contribution < 1.29 is 0 Å². The summed E-state index contributed by atoms with van der Waals surface area (Å²) in [5, 5.41) is 16.9. The van der Waals surface area contributed by atoms with Gasteiger partial charge in [0.25, 0.3) is 0 Å². The van der Waals surface area contributed by atoms with Crippen LogP contribution in [0.5, 0.6) is 0 Å². The van der Waals surface area contributed by atoms with E-state index in [4.69, 9.17) is 10.5 Å². The predicted molar refractivity (Wildman–Crippen MR) is 26.9 cm³/mol. The smallest absolute Gasteiger partial charge is 0.140 e. The Morgan fingerprint density at radius 2 is 1.86 bits per heavy atom. The number of nitrogens with zero attached hydrogens (tertiary/aromatic N) is 2. The van der Waals surface area contributed by atoms with Gasteiger partial charge in [-0.1, -0.05) is 12.6 Å². The number of hydrogen-bond donors (Lipinski definition) is 0. The van der Waals surface area contributed by atoms with Crippen LogP contribution in [0.3, 0.4) is 0 Å². The first kappa shape index (κ1) is 5.94. The van der Waals surface area contributed by atoms with Crippen molar-refractivity contribution in [3.8, 4) is 12.1 Å². The van der Waals surface area contributed by atoms with Crippen LogP contribution < -0.4 is 0 Å². The molecule has 0 aliphatic carbocycles. The van der Waals surface area contributed by atoms with Crippen molar-refractivity contribution in [3.05, 3.63) is 11.0 Å². The highest BCUT2D eigenvalue weighted by Gasteiger charge is 1.83. The number of rotatable bonds is 0. The van der Waals surface area contributed by atoms with Crippen LogP contribution in [0.1, 0.15) is 0 Å². The van der Waals surface area contributed by atoms with Crippen molar-refractivity contribution >= 4 is 12.6 Å². The minimum Gasteiger partial charge on any atom is -0.192 e. The summed E-state index contributed by atoms with van der Waals surface area (Å²) in [4.78, 5) is 0. The van der Waals surface area contributed by atoms with Crippen LogP contribution in [0.2, 0.25) is 0 Å². The first-order chi connectivity index (χ1) is 3.35. The van der Waals surface area contributed by atoms with Crippen molar-refractivity contribution in [2.75, 3.05) is 0 Å². The maximum Gasteiger partial charge on any atom is 0.140 e. The van der Waals surface area contributed by atoms with Gasteiger partial charge in [-0.05, 0) is 0 Å². The summed E-state index contributed by atoms with van der Waals surface area (Å²) in [6, 6.07) is 3.19. The van der Waals surface area contributed by atoms with E-state index >= 15 is 0 Å². The molecule has 0 aliphatic rings. The molecule has 3 heteroatoms. The molecule has 0 rings (SSSR count). The van der Waals surface area contributed by atoms with E-state index in [1.54, 1.807) is 12.1 Å². The number of nitriles is 2. The lowest BCUT2D eigenvalue weighted by molar-refractivity contribution is 1.47. The quantitative estimate of drug-likeness (QED) is 0.437. The Hall–Kier alpha value is -1.06. The molecule has 0 aromatic rings. The van der Waals surface area contributed by atoms with Crippen LogP contribution >= 0.6 is 12.6 Å². The highest BCUT2D eigenvalue weighted by molar-refractivity contribution is 7.83. The SMILES string of the molecule is N#CC(C#N)=C[S]. The Kier molecular flexibility index (Phi) is 2.67. The van der Waals surface area contributed by atoms with Gasteiger partial charge in [-0.3, -0.25) is 0 Å². The molecule has 0 saturated carbocycles. The van der Waals surface area contributed by atoms with E-state index in [1.807, 2.05) is 0 Å². The molecular weight excluding hydrogens is 108 g/mol. The van der Waals surface area contributed by atoms with E-state index in [0.29, 0.717) is 0 Å². The third-order valence-electron chi connectivity index (χ3n) is 0.359. The Labute approximate surface area is 47.1 Å². The lowest BCUT2D eigenvalue weighted by atomic mass is 10.4. The molecule has 0 spiro atoms. The van der Waals surface area contributed by atoms with Gasteiger partial charge in [0.1, 0.15) is 17.7 Å². The molecule has 0 unspecified atom stereocenters. The third kappa shape index (κ3) is 1.75. The second-order valence-corrected chi connectivity index (χ2v) is 0.991. The fourth-order valence-electron chi connectivity index (χ4n) is 0.0777. The van der Waals surface area contributed by atoms with Gasteiger partial charge in [0.2, 0.25) is 0 Å². The maximum absolute atomic E-state index is 7.92. The molecule has 0 aliphatic heterocycles. The lowest BCUT2D eigenvalue weighted by Crippen LogP contribution is -1.62. The van der Waals surface area contributed by atoms with E-state index in [9.17, 15) is 0 Å². The third-order valence-corrected chi connectivity index (χ3v) is 0.594. The van der Waals surface area contributed by atoms with Gasteiger partial charge in [-0.2, -0.15) is 10.5 Å². The van der Waals surface area contributed by atoms with E-state index in [-0.39, 0.29) is 5.57 Å². The molecule has 7 heavy (non-hydrogen) atoms. The molecule has 2 nitrogen and oxygen atoms in total. The molecule has 0 bridgehead atoms. The molecule has 0 N–H and O–H groups in total. The summed E-state index contributed by atoms with van der Waals surface area (Å²) in [5.41, 5.74) is -0.0185. The van der Waals surface area contributed by atoms with Gasteiger partial charge >= 0.3 is 0 Å². The molecule has 0 aromatic heterocycles. The van der Waals surface area contributed by atoms with Gasteiger partial charge in [0, 0.05) is 5.41 Å². The largest absolute Gasteiger partial charge is 0.192 e.